The fourth-order valence-electron chi connectivity index (χ4n) is 2.26. The number of aryl methyl sites for hydroxylation is 1. The molecule has 0 amide bonds. The second-order valence-electron chi connectivity index (χ2n) is 5.23. The Morgan fingerprint density at radius 1 is 1.09 bits per heavy atom. The Morgan fingerprint density at radius 2 is 1.82 bits per heavy atom. The van der Waals surface area contributed by atoms with Crippen LogP contribution in [0.1, 0.15) is 16.4 Å². The smallest absolute Gasteiger partial charge is 0.0946 e. The van der Waals surface area contributed by atoms with E-state index in [0.29, 0.717) is 5.25 Å². The number of rotatable bonds is 5. The molecule has 3 rings (SSSR count). The van der Waals surface area contributed by atoms with Crippen molar-refractivity contribution in [3.63, 3.8) is 0 Å². The van der Waals surface area contributed by atoms with Gasteiger partial charge in [0.15, 0.2) is 0 Å². The summed E-state index contributed by atoms with van der Waals surface area (Å²) in [5.41, 5.74) is 2.55. The van der Waals surface area contributed by atoms with E-state index < -0.39 is 0 Å². The molecule has 112 valence electrons. The lowest BCUT2D eigenvalue weighted by Gasteiger charge is -2.18. The molecule has 1 heterocycles. The Morgan fingerprint density at radius 3 is 2.45 bits per heavy atom. The van der Waals surface area contributed by atoms with Gasteiger partial charge in [0, 0.05) is 28.9 Å². The molecule has 1 atom stereocenters. The molecule has 0 aliphatic carbocycles. The zero-order valence-corrected chi connectivity index (χ0v) is 13.9. The van der Waals surface area contributed by atoms with Crippen LogP contribution in [0, 0.1) is 6.92 Å². The fraction of sp³-hybridized carbons (Fsp3) is 0.167. The number of halogens is 1. The first-order valence-corrected chi connectivity index (χ1v) is 8.41. The van der Waals surface area contributed by atoms with Gasteiger partial charge in [0.25, 0.3) is 0 Å². The molecule has 1 aromatic heterocycles. The lowest BCUT2D eigenvalue weighted by molar-refractivity contribution is 0.683. The average molecular weight is 329 g/mol. The molecule has 0 bridgehead atoms. The first kappa shape index (κ1) is 15.2. The number of aromatic nitrogens is 2. The van der Waals surface area contributed by atoms with Gasteiger partial charge in [-0.05, 0) is 36.8 Å². The summed E-state index contributed by atoms with van der Waals surface area (Å²) >= 11 is 7.88. The van der Waals surface area contributed by atoms with Crippen LogP contribution in [-0.4, -0.2) is 9.55 Å². The first-order chi connectivity index (χ1) is 10.7. The summed E-state index contributed by atoms with van der Waals surface area (Å²) in [4.78, 5) is 5.40. The maximum atomic E-state index is 6.01. The molecule has 0 saturated carbocycles. The molecular weight excluding hydrogens is 312 g/mol. The second-order valence-corrected chi connectivity index (χ2v) is 6.94. The summed E-state index contributed by atoms with van der Waals surface area (Å²) in [5, 5.41) is 1.08. The maximum Gasteiger partial charge on any atom is 0.0946 e. The molecule has 0 radical (unpaired) electrons. The minimum absolute atomic E-state index is 0.314. The Kier molecular flexibility index (Phi) is 4.86. The summed E-state index contributed by atoms with van der Waals surface area (Å²) in [6.45, 7) is 2.98. The van der Waals surface area contributed by atoms with E-state index in [2.05, 4.69) is 52.9 Å². The fourth-order valence-corrected chi connectivity index (χ4v) is 3.54. The van der Waals surface area contributed by atoms with Crippen LogP contribution >= 0.6 is 23.4 Å². The van der Waals surface area contributed by atoms with Crippen molar-refractivity contribution in [1.82, 2.24) is 9.55 Å². The predicted molar refractivity (Wildman–Crippen MR) is 93.5 cm³/mol. The summed E-state index contributed by atoms with van der Waals surface area (Å²) in [7, 11) is 0. The van der Waals surface area contributed by atoms with Gasteiger partial charge in [-0.3, -0.25) is 0 Å². The number of hydrogen-bond acceptors (Lipinski definition) is 2. The molecule has 1 unspecified atom stereocenters. The third-order valence-corrected chi connectivity index (χ3v) is 4.98. The van der Waals surface area contributed by atoms with E-state index in [9.17, 15) is 0 Å². The standard InChI is InChI=1S/C18H17ClN2S/c1-14-2-8-17(9-3-14)22-18(12-21-11-10-20-13-21)15-4-6-16(19)7-5-15/h2-11,13,18H,12H2,1H3. The van der Waals surface area contributed by atoms with E-state index in [1.54, 1.807) is 0 Å². The quantitative estimate of drug-likeness (QED) is 0.585. The van der Waals surface area contributed by atoms with Crippen molar-refractivity contribution in [2.45, 2.75) is 23.6 Å². The zero-order chi connectivity index (χ0) is 15.4. The van der Waals surface area contributed by atoms with Gasteiger partial charge in [0.1, 0.15) is 0 Å². The molecule has 2 nitrogen and oxygen atoms in total. The van der Waals surface area contributed by atoms with Gasteiger partial charge in [-0.2, -0.15) is 0 Å². The van der Waals surface area contributed by atoms with Crippen molar-refractivity contribution < 1.29 is 0 Å². The summed E-state index contributed by atoms with van der Waals surface area (Å²) < 4.78 is 2.11. The van der Waals surface area contributed by atoms with Crippen LogP contribution in [0.3, 0.4) is 0 Å². The summed E-state index contributed by atoms with van der Waals surface area (Å²) in [6, 6.07) is 16.8. The van der Waals surface area contributed by atoms with Gasteiger partial charge in [-0.15, -0.1) is 11.8 Å². The number of thioether (sulfide) groups is 1. The molecular formula is C18H17ClN2S. The Labute approximate surface area is 140 Å². The predicted octanol–water partition coefficient (Wildman–Crippen LogP) is 5.38. The highest BCUT2D eigenvalue weighted by Gasteiger charge is 2.14. The molecule has 0 aliphatic rings. The van der Waals surface area contributed by atoms with Crippen molar-refractivity contribution in [3.05, 3.63) is 83.4 Å². The molecule has 0 N–H and O–H groups in total. The maximum absolute atomic E-state index is 6.01. The van der Waals surface area contributed by atoms with Gasteiger partial charge < -0.3 is 4.57 Å². The van der Waals surface area contributed by atoms with Crippen molar-refractivity contribution in [2.24, 2.45) is 0 Å². The van der Waals surface area contributed by atoms with Crippen molar-refractivity contribution in [2.75, 3.05) is 0 Å². The minimum atomic E-state index is 0.314. The van der Waals surface area contributed by atoms with Crippen LogP contribution in [0.25, 0.3) is 0 Å². The summed E-state index contributed by atoms with van der Waals surface area (Å²) in [6.07, 6.45) is 5.67. The minimum Gasteiger partial charge on any atom is -0.336 e. The lowest BCUT2D eigenvalue weighted by Crippen LogP contribution is -2.04. The molecule has 0 aliphatic heterocycles. The van der Waals surface area contributed by atoms with Crippen LogP contribution in [0.5, 0.6) is 0 Å². The molecule has 0 saturated heterocycles. The first-order valence-electron chi connectivity index (χ1n) is 7.15. The molecule has 4 heteroatoms. The van der Waals surface area contributed by atoms with Gasteiger partial charge in [-0.1, -0.05) is 41.4 Å². The monoisotopic (exact) mass is 328 g/mol. The Hall–Kier alpha value is -1.71. The third-order valence-electron chi connectivity index (χ3n) is 3.48. The van der Waals surface area contributed by atoms with Crippen molar-refractivity contribution >= 4 is 23.4 Å². The number of benzene rings is 2. The highest BCUT2D eigenvalue weighted by Crippen LogP contribution is 2.37. The van der Waals surface area contributed by atoms with Crippen LogP contribution in [0.4, 0.5) is 0 Å². The van der Waals surface area contributed by atoms with Gasteiger partial charge >= 0.3 is 0 Å². The number of hydrogen-bond donors (Lipinski definition) is 0. The van der Waals surface area contributed by atoms with E-state index >= 15 is 0 Å². The highest BCUT2D eigenvalue weighted by molar-refractivity contribution is 7.99. The summed E-state index contributed by atoms with van der Waals surface area (Å²) in [5.74, 6) is 0. The number of imidazole rings is 1. The molecule has 0 fully saturated rings. The van der Waals surface area contributed by atoms with Crippen molar-refractivity contribution in [3.8, 4) is 0 Å². The van der Waals surface area contributed by atoms with Crippen LogP contribution in [0.2, 0.25) is 5.02 Å². The van der Waals surface area contributed by atoms with Crippen LogP contribution in [-0.2, 0) is 6.54 Å². The lowest BCUT2D eigenvalue weighted by atomic mass is 10.1. The highest BCUT2D eigenvalue weighted by atomic mass is 35.5. The topological polar surface area (TPSA) is 17.8 Å². The zero-order valence-electron chi connectivity index (χ0n) is 12.3. The molecule has 0 spiro atoms. The molecule has 3 aromatic rings. The van der Waals surface area contributed by atoms with E-state index in [-0.39, 0.29) is 0 Å². The molecule has 22 heavy (non-hydrogen) atoms. The molecule has 2 aromatic carbocycles. The average Bonchev–Trinajstić information content (AvgIpc) is 3.03. The normalized spacial score (nSPS) is 12.3. The van der Waals surface area contributed by atoms with Gasteiger partial charge in [0.2, 0.25) is 0 Å². The van der Waals surface area contributed by atoms with Crippen LogP contribution in [0.15, 0.2) is 72.1 Å². The SMILES string of the molecule is Cc1ccc(SC(Cn2ccnc2)c2ccc(Cl)cc2)cc1. The van der Waals surface area contributed by atoms with Gasteiger partial charge in [0.05, 0.1) is 11.6 Å². The Bertz CT molecular complexity index is 706. The van der Waals surface area contributed by atoms with E-state index in [0.717, 1.165) is 11.6 Å². The number of nitrogens with zero attached hydrogens (tertiary/aromatic N) is 2. The Balaban J connectivity index is 1.84. The van der Waals surface area contributed by atoms with Crippen LogP contribution < -0.4 is 0 Å². The van der Waals surface area contributed by atoms with E-state index in [4.69, 9.17) is 11.6 Å². The van der Waals surface area contributed by atoms with E-state index in [1.165, 1.54) is 16.0 Å². The third kappa shape index (κ3) is 3.93. The van der Waals surface area contributed by atoms with E-state index in [1.807, 2.05) is 42.6 Å². The second kappa shape index (κ2) is 7.03. The van der Waals surface area contributed by atoms with Crippen molar-refractivity contribution in [1.29, 1.82) is 0 Å². The van der Waals surface area contributed by atoms with Gasteiger partial charge in [-0.25, -0.2) is 4.98 Å². The largest absolute Gasteiger partial charge is 0.336 e.